The lowest BCUT2D eigenvalue weighted by Gasteiger charge is -2.27. The molecular weight excluding hydrogens is 258 g/mol. The van der Waals surface area contributed by atoms with E-state index in [1.807, 2.05) is 13.8 Å². The van der Waals surface area contributed by atoms with Crippen LogP contribution in [0.5, 0.6) is 0 Å². The minimum atomic E-state index is -0.589. The van der Waals surface area contributed by atoms with E-state index in [9.17, 15) is 4.79 Å². The lowest BCUT2D eigenvalue weighted by atomic mass is 9.95. The molecule has 0 spiro atoms. The minimum Gasteiger partial charge on any atom is -0.465 e. The van der Waals surface area contributed by atoms with Gasteiger partial charge in [0.05, 0.1) is 12.7 Å². The van der Waals surface area contributed by atoms with Crippen LogP contribution in [0, 0.1) is 0 Å². The second-order valence-corrected chi connectivity index (χ2v) is 5.44. The Kier molecular flexibility index (Phi) is 8.11. The Morgan fingerprint density at radius 2 is 2.05 bits per heavy atom. The van der Waals surface area contributed by atoms with Gasteiger partial charge >= 0.3 is 5.97 Å². The molecule has 1 aliphatic heterocycles. The molecule has 1 rings (SSSR count). The molecule has 5 nitrogen and oxygen atoms in total. The van der Waals surface area contributed by atoms with Crippen molar-refractivity contribution < 1.29 is 19.0 Å². The van der Waals surface area contributed by atoms with Crippen LogP contribution in [0.4, 0.5) is 0 Å². The Hall–Kier alpha value is -0.650. The Bertz CT molecular complexity index is 279. The third-order valence-electron chi connectivity index (χ3n) is 3.87. The molecule has 0 amide bonds. The van der Waals surface area contributed by atoms with Gasteiger partial charge in [-0.3, -0.25) is 4.79 Å². The normalized spacial score (nSPS) is 19.6. The van der Waals surface area contributed by atoms with Crippen molar-refractivity contribution >= 4 is 5.97 Å². The molecule has 1 saturated heterocycles. The van der Waals surface area contributed by atoms with Gasteiger partial charge in [-0.25, -0.2) is 0 Å². The van der Waals surface area contributed by atoms with Crippen LogP contribution in [0.1, 0.15) is 46.0 Å². The van der Waals surface area contributed by atoms with Crippen molar-refractivity contribution in [3.8, 4) is 0 Å². The maximum atomic E-state index is 11.9. The highest BCUT2D eigenvalue weighted by Crippen LogP contribution is 2.17. The number of nitrogens with one attached hydrogen (secondary N) is 1. The van der Waals surface area contributed by atoms with Crippen molar-refractivity contribution in [1.29, 1.82) is 0 Å². The van der Waals surface area contributed by atoms with Crippen LogP contribution in [0.2, 0.25) is 0 Å². The Morgan fingerprint density at radius 3 is 2.65 bits per heavy atom. The van der Waals surface area contributed by atoms with Gasteiger partial charge in [-0.2, -0.15) is 0 Å². The summed E-state index contributed by atoms with van der Waals surface area (Å²) in [6.07, 6.45) is 5.02. The maximum absolute atomic E-state index is 11.9. The summed E-state index contributed by atoms with van der Waals surface area (Å²) in [6.45, 7) is 6.52. The molecule has 20 heavy (non-hydrogen) atoms. The first kappa shape index (κ1) is 17.4. The number of hydrogen-bond donors (Lipinski definition) is 1. The van der Waals surface area contributed by atoms with Gasteiger partial charge in [0.25, 0.3) is 0 Å². The van der Waals surface area contributed by atoms with E-state index in [2.05, 4.69) is 5.32 Å². The molecule has 1 atom stereocenters. The molecule has 1 heterocycles. The fourth-order valence-corrected chi connectivity index (χ4v) is 2.29. The third kappa shape index (κ3) is 5.77. The van der Waals surface area contributed by atoms with E-state index in [0.29, 0.717) is 12.7 Å². The number of hydrogen-bond acceptors (Lipinski definition) is 5. The molecule has 1 aliphatic rings. The molecule has 0 aromatic heterocycles. The zero-order chi connectivity index (χ0) is 14.8. The van der Waals surface area contributed by atoms with Crippen molar-refractivity contribution in [3.63, 3.8) is 0 Å². The van der Waals surface area contributed by atoms with Gasteiger partial charge in [-0.15, -0.1) is 0 Å². The quantitative estimate of drug-likeness (QED) is 0.518. The summed E-state index contributed by atoms with van der Waals surface area (Å²) in [6, 6.07) is 0. The average molecular weight is 287 g/mol. The molecule has 0 aliphatic carbocycles. The van der Waals surface area contributed by atoms with E-state index < -0.39 is 5.54 Å². The molecule has 118 valence electrons. The fraction of sp³-hybridized carbons (Fsp3) is 0.933. The molecule has 0 aromatic rings. The lowest BCUT2D eigenvalue weighted by Crippen LogP contribution is -2.48. The van der Waals surface area contributed by atoms with Crippen LogP contribution in [-0.4, -0.2) is 51.1 Å². The summed E-state index contributed by atoms with van der Waals surface area (Å²) in [5.41, 5.74) is -0.589. The Balaban J connectivity index is 2.15. The molecule has 1 N–H and O–H groups in total. The number of carbonyl (C=O) groups is 1. The first-order valence-corrected chi connectivity index (χ1v) is 7.68. The molecular formula is C15H29NO4. The van der Waals surface area contributed by atoms with Crippen LogP contribution in [-0.2, 0) is 19.0 Å². The van der Waals surface area contributed by atoms with Crippen LogP contribution in [0.3, 0.4) is 0 Å². The summed E-state index contributed by atoms with van der Waals surface area (Å²) in [5.74, 6) is -0.173. The number of carbonyl (C=O) groups excluding carboxylic acids is 1. The summed E-state index contributed by atoms with van der Waals surface area (Å²) in [4.78, 5) is 11.9. The standard InChI is InChI=1S/C15H29NO4/c1-4-19-14(17)15(2,16-3)9-5-6-10-20-13-7-11-18-12-8-13/h13,16H,4-12H2,1-3H3. The van der Waals surface area contributed by atoms with Crippen molar-refractivity contribution in [3.05, 3.63) is 0 Å². The van der Waals surface area contributed by atoms with Crippen molar-refractivity contribution in [2.45, 2.75) is 57.6 Å². The maximum Gasteiger partial charge on any atom is 0.326 e. The zero-order valence-electron chi connectivity index (χ0n) is 13.1. The molecule has 5 heteroatoms. The van der Waals surface area contributed by atoms with Crippen LogP contribution >= 0.6 is 0 Å². The molecule has 0 radical (unpaired) electrons. The molecule has 0 saturated carbocycles. The highest BCUT2D eigenvalue weighted by Gasteiger charge is 2.32. The lowest BCUT2D eigenvalue weighted by molar-refractivity contribution is -0.150. The molecule has 1 fully saturated rings. The number of esters is 1. The van der Waals surface area contributed by atoms with Crippen LogP contribution < -0.4 is 5.32 Å². The van der Waals surface area contributed by atoms with E-state index in [0.717, 1.165) is 51.9 Å². The van der Waals surface area contributed by atoms with E-state index in [-0.39, 0.29) is 5.97 Å². The van der Waals surface area contributed by atoms with Crippen LogP contribution in [0.25, 0.3) is 0 Å². The second kappa shape index (κ2) is 9.32. The Morgan fingerprint density at radius 1 is 1.35 bits per heavy atom. The van der Waals surface area contributed by atoms with E-state index >= 15 is 0 Å². The van der Waals surface area contributed by atoms with Crippen molar-refractivity contribution in [2.75, 3.05) is 33.5 Å². The minimum absolute atomic E-state index is 0.173. The second-order valence-electron chi connectivity index (χ2n) is 5.44. The highest BCUT2D eigenvalue weighted by atomic mass is 16.5. The van der Waals surface area contributed by atoms with Gasteiger partial charge in [0.2, 0.25) is 0 Å². The van der Waals surface area contributed by atoms with Gasteiger partial charge in [0.1, 0.15) is 5.54 Å². The summed E-state index contributed by atoms with van der Waals surface area (Å²) < 4.78 is 16.2. The predicted octanol–water partition coefficient (Wildman–Crippen LogP) is 1.89. The summed E-state index contributed by atoms with van der Waals surface area (Å²) in [7, 11) is 1.80. The topological polar surface area (TPSA) is 56.8 Å². The van der Waals surface area contributed by atoms with E-state index in [1.54, 1.807) is 7.05 Å². The Labute approximate surface area is 122 Å². The zero-order valence-corrected chi connectivity index (χ0v) is 13.1. The number of ether oxygens (including phenoxy) is 3. The van der Waals surface area contributed by atoms with Gasteiger partial charge in [-0.1, -0.05) is 0 Å². The smallest absolute Gasteiger partial charge is 0.326 e. The SMILES string of the molecule is CCOC(=O)C(C)(CCCCOC1CCOCC1)NC. The van der Waals surface area contributed by atoms with Crippen molar-refractivity contribution in [1.82, 2.24) is 5.32 Å². The van der Waals surface area contributed by atoms with E-state index in [1.165, 1.54) is 0 Å². The monoisotopic (exact) mass is 287 g/mol. The van der Waals surface area contributed by atoms with Gasteiger partial charge in [0.15, 0.2) is 0 Å². The average Bonchev–Trinajstić information content (AvgIpc) is 2.48. The number of likely N-dealkylation sites (N-methyl/N-ethyl adjacent to an activating group) is 1. The van der Waals surface area contributed by atoms with Crippen molar-refractivity contribution in [2.24, 2.45) is 0 Å². The van der Waals surface area contributed by atoms with Gasteiger partial charge in [-0.05, 0) is 53.0 Å². The number of rotatable bonds is 9. The predicted molar refractivity (Wildman–Crippen MR) is 77.7 cm³/mol. The third-order valence-corrected chi connectivity index (χ3v) is 3.87. The summed E-state index contributed by atoms with van der Waals surface area (Å²) >= 11 is 0. The summed E-state index contributed by atoms with van der Waals surface area (Å²) in [5, 5.41) is 3.07. The molecule has 0 aromatic carbocycles. The first-order chi connectivity index (χ1) is 9.62. The fourth-order valence-electron chi connectivity index (χ4n) is 2.29. The van der Waals surface area contributed by atoms with Gasteiger partial charge in [0, 0.05) is 19.8 Å². The molecule has 1 unspecified atom stereocenters. The van der Waals surface area contributed by atoms with Gasteiger partial charge < -0.3 is 19.5 Å². The van der Waals surface area contributed by atoms with E-state index in [4.69, 9.17) is 14.2 Å². The first-order valence-electron chi connectivity index (χ1n) is 7.68. The largest absolute Gasteiger partial charge is 0.465 e. The molecule has 0 bridgehead atoms. The highest BCUT2D eigenvalue weighted by molar-refractivity contribution is 5.80. The number of unbranched alkanes of at least 4 members (excludes halogenated alkanes) is 1. The van der Waals surface area contributed by atoms with Crippen LogP contribution in [0.15, 0.2) is 0 Å².